The molecule has 2 aromatic rings. The summed E-state index contributed by atoms with van der Waals surface area (Å²) in [5, 5.41) is 8.81. The summed E-state index contributed by atoms with van der Waals surface area (Å²) < 4.78 is 13.0. The number of aryl methyl sites for hydroxylation is 2. The highest BCUT2D eigenvalue weighted by Crippen LogP contribution is 2.38. The first-order valence-electron chi connectivity index (χ1n) is 11.3. The van der Waals surface area contributed by atoms with Crippen molar-refractivity contribution in [3.8, 4) is 0 Å². The van der Waals surface area contributed by atoms with Crippen molar-refractivity contribution in [3.05, 3.63) is 33.0 Å². The highest BCUT2D eigenvalue weighted by atomic mass is 32.1. The molecule has 4 rings (SSSR count). The molecule has 4 heterocycles. The molecule has 0 atom stereocenters. The van der Waals surface area contributed by atoms with E-state index >= 15 is 0 Å². The molecule has 2 aliphatic heterocycles. The lowest BCUT2D eigenvalue weighted by Gasteiger charge is -2.36. The molecule has 8 nitrogen and oxygen atoms in total. The summed E-state index contributed by atoms with van der Waals surface area (Å²) in [5.74, 6) is -0.393. The fourth-order valence-corrected chi connectivity index (χ4v) is 5.27. The van der Waals surface area contributed by atoms with Crippen LogP contribution in [0.4, 0.5) is 0 Å². The fourth-order valence-electron chi connectivity index (χ4n) is 4.60. The predicted octanol–water partition coefficient (Wildman–Crippen LogP) is 3.18. The maximum absolute atomic E-state index is 13.0. The molecule has 0 aliphatic carbocycles. The first-order chi connectivity index (χ1) is 15.2. The lowest BCUT2D eigenvalue weighted by molar-refractivity contribution is 0.0159. The van der Waals surface area contributed by atoms with Gasteiger partial charge in [-0.1, -0.05) is 13.8 Å². The lowest BCUT2D eigenvalue weighted by Crippen LogP contribution is -2.40. The number of nitrogens with one attached hydrogen (secondary N) is 1. The van der Waals surface area contributed by atoms with Crippen LogP contribution in [0.15, 0.2) is 6.20 Å². The Bertz CT molecular complexity index is 1000. The molecule has 0 radical (unpaired) electrons. The number of amides is 1. The number of esters is 1. The molecule has 1 saturated heterocycles. The van der Waals surface area contributed by atoms with Crippen LogP contribution in [0.1, 0.15) is 70.0 Å². The summed E-state index contributed by atoms with van der Waals surface area (Å²) in [7, 11) is 0. The summed E-state index contributed by atoms with van der Waals surface area (Å²) in [4.78, 5) is 30.0. The van der Waals surface area contributed by atoms with Crippen molar-refractivity contribution in [2.45, 2.75) is 59.9 Å². The zero-order chi connectivity index (χ0) is 22.9. The second kappa shape index (κ2) is 8.94. The quantitative estimate of drug-likeness (QED) is 0.666. The molecule has 1 N–H and O–H groups in total. The fraction of sp³-hybridized carbons (Fsp3) is 0.652. The molecular weight excluding hydrogens is 428 g/mol. The minimum Gasteiger partial charge on any atom is -0.461 e. The van der Waals surface area contributed by atoms with Gasteiger partial charge < -0.3 is 14.8 Å². The zero-order valence-corrected chi connectivity index (χ0v) is 20.1. The average molecular weight is 461 g/mol. The third-order valence-corrected chi connectivity index (χ3v) is 7.33. The van der Waals surface area contributed by atoms with E-state index in [1.807, 2.05) is 18.5 Å². The second-order valence-electron chi connectivity index (χ2n) is 9.72. The van der Waals surface area contributed by atoms with E-state index in [1.165, 1.54) is 11.3 Å². The van der Waals surface area contributed by atoms with Gasteiger partial charge in [-0.3, -0.25) is 9.48 Å². The third kappa shape index (κ3) is 4.73. The smallest absolute Gasteiger partial charge is 0.349 e. The summed E-state index contributed by atoms with van der Waals surface area (Å²) in [6, 6.07) is 0. The largest absolute Gasteiger partial charge is 0.461 e. The zero-order valence-electron chi connectivity index (χ0n) is 19.3. The molecule has 0 unspecified atom stereocenters. The van der Waals surface area contributed by atoms with Crippen LogP contribution in [0.2, 0.25) is 0 Å². The van der Waals surface area contributed by atoms with Crippen molar-refractivity contribution < 1.29 is 19.1 Å². The summed E-state index contributed by atoms with van der Waals surface area (Å²) >= 11 is 1.33. The van der Waals surface area contributed by atoms with E-state index in [4.69, 9.17) is 14.6 Å². The molecule has 2 aliphatic rings. The Hall–Kier alpha value is -2.26. The van der Waals surface area contributed by atoms with Gasteiger partial charge in [-0.25, -0.2) is 9.78 Å². The van der Waals surface area contributed by atoms with Gasteiger partial charge in [0.1, 0.15) is 10.6 Å². The number of thiazole rings is 1. The second-order valence-corrected chi connectivity index (χ2v) is 11.0. The van der Waals surface area contributed by atoms with Crippen LogP contribution in [-0.2, 0) is 28.9 Å². The van der Waals surface area contributed by atoms with E-state index in [1.54, 1.807) is 6.20 Å². The maximum atomic E-state index is 13.0. The standard InChI is InChI=1S/C23H32N4O4S/c1-5-27-19-16(10-23(13-25-20(19)28)6-8-30-9-7-23)17(26-27)11-22(3,4)14-31-21(29)18-12-24-15(2)32-18/h12H,5-11,13-14H2,1-4H3,(H,25,28). The normalized spacial score (nSPS) is 18.2. The minimum atomic E-state index is -0.345. The van der Waals surface area contributed by atoms with Gasteiger partial charge in [0.15, 0.2) is 0 Å². The van der Waals surface area contributed by atoms with Crippen molar-refractivity contribution in [1.82, 2.24) is 20.1 Å². The Morgan fingerprint density at radius 1 is 1.38 bits per heavy atom. The van der Waals surface area contributed by atoms with Crippen LogP contribution in [0.3, 0.4) is 0 Å². The number of aromatic nitrogens is 3. The number of fused-ring (bicyclic) bond motifs is 1. The van der Waals surface area contributed by atoms with Gasteiger partial charge in [0.05, 0.1) is 23.5 Å². The molecule has 0 aromatic carbocycles. The van der Waals surface area contributed by atoms with Crippen LogP contribution < -0.4 is 5.32 Å². The number of carbonyl (C=O) groups is 2. The van der Waals surface area contributed by atoms with Crippen molar-refractivity contribution in [2.75, 3.05) is 26.4 Å². The van der Waals surface area contributed by atoms with E-state index < -0.39 is 0 Å². The Morgan fingerprint density at radius 2 is 2.12 bits per heavy atom. The van der Waals surface area contributed by atoms with E-state index in [2.05, 4.69) is 24.1 Å². The summed E-state index contributed by atoms with van der Waals surface area (Å²) in [6.45, 7) is 11.0. The van der Waals surface area contributed by atoms with Crippen LogP contribution in [0.5, 0.6) is 0 Å². The van der Waals surface area contributed by atoms with Crippen molar-refractivity contribution in [1.29, 1.82) is 0 Å². The van der Waals surface area contributed by atoms with E-state index in [9.17, 15) is 9.59 Å². The van der Waals surface area contributed by atoms with Gasteiger partial charge in [-0.2, -0.15) is 5.10 Å². The molecule has 0 saturated carbocycles. The molecular formula is C23H32N4O4S. The maximum Gasteiger partial charge on any atom is 0.349 e. The Morgan fingerprint density at radius 3 is 2.78 bits per heavy atom. The molecule has 32 heavy (non-hydrogen) atoms. The van der Waals surface area contributed by atoms with Crippen LogP contribution in [-0.4, -0.2) is 53.0 Å². The SMILES string of the molecule is CCn1nc(CC(C)(C)COC(=O)c2cnc(C)s2)c2c1C(=O)NCC1(CCOCC1)C2. The van der Waals surface area contributed by atoms with Gasteiger partial charge in [0.2, 0.25) is 0 Å². The molecule has 0 bridgehead atoms. The molecule has 1 spiro atoms. The number of rotatable bonds is 6. The van der Waals surface area contributed by atoms with Gasteiger partial charge >= 0.3 is 5.97 Å². The van der Waals surface area contributed by atoms with E-state index in [0.717, 1.165) is 48.7 Å². The first kappa shape index (κ1) is 22.9. The predicted molar refractivity (Wildman–Crippen MR) is 121 cm³/mol. The molecule has 1 amide bonds. The van der Waals surface area contributed by atoms with E-state index in [0.29, 0.717) is 30.1 Å². The average Bonchev–Trinajstić information content (AvgIpc) is 3.31. The van der Waals surface area contributed by atoms with Crippen LogP contribution >= 0.6 is 11.3 Å². The van der Waals surface area contributed by atoms with Crippen LogP contribution in [0, 0.1) is 17.8 Å². The highest BCUT2D eigenvalue weighted by molar-refractivity contribution is 7.13. The Kier molecular flexibility index (Phi) is 6.40. The van der Waals surface area contributed by atoms with Gasteiger partial charge in [0, 0.05) is 43.7 Å². The lowest BCUT2D eigenvalue weighted by atomic mass is 9.74. The Balaban J connectivity index is 1.55. The molecule has 9 heteroatoms. The number of nitrogens with zero attached hydrogens (tertiary/aromatic N) is 3. The molecule has 174 valence electrons. The minimum absolute atomic E-state index is 0.0101. The van der Waals surface area contributed by atoms with Gasteiger partial charge in [0.25, 0.3) is 5.91 Å². The van der Waals surface area contributed by atoms with Crippen molar-refractivity contribution >= 4 is 23.2 Å². The summed E-state index contributed by atoms with van der Waals surface area (Å²) in [5.41, 5.74) is 2.33. The molecule has 2 aromatic heterocycles. The number of hydrogen-bond donors (Lipinski definition) is 1. The highest BCUT2D eigenvalue weighted by Gasteiger charge is 2.40. The number of carbonyl (C=O) groups excluding carboxylic acids is 2. The number of ether oxygens (including phenoxy) is 2. The van der Waals surface area contributed by atoms with E-state index in [-0.39, 0.29) is 29.3 Å². The third-order valence-electron chi connectivity index (χ3n) is 6.44. The van der Waals surface area contributed by atoms with Gasteiger partial charge in [-0.15, -0.1) is 11.3 Å². The first-order valence-corrected chi connectivity index (χ1v) is 12.1. The topological polar surface area (TPSA) is 95.3 Å². The van der Waals surface area contributed by atoms with Gasteiger partial charge in [-0.05, 0) is 38.5 Å². The monoisotopic (exact) mass is 460 g/mol. The summed E-state index contributed by atoms with van der Waals surface area (Å²) in [6.07, 6.45) is 4.86. The van der Waals surface area contributed by atoms with Crippen molar-refractivity contribution in [3.63, 3.8) is 0 Å². The van der Waals surface area contributed by atoms with Crippen molar-refractivity contribution in [2.24, 2.45) is 10.8 Å². The van der Waals surface area contributed by atoms with Crippen LogP contribution in [0.25, 0.3) is 0 Å². The molecule has 1 fully saturated rings. The number of hydrogen-bond acceptors (Lipinski definition) is 7. The Labute approximate surface area is 192 Å².